The van der Waals surface area contributed by atoms with E-state index >= 15 is 0 Å². The molecule has 12 heavy (non-hydrogen) atoms. The first-order chi connectivity index (χ1) is 5.88. The second-order valence-electron chi connectivity index (χ2n) is 3.00. The van der Waals surface area contributed by atoms with E-state index in [4.69, 9.17) is 5.73 Å². The molecule has 0 saturated heterocycles. The molecule has 1 heteroatoms. The fourth-order valence-electron chi connectivity index (χ4n) is 1.30. The van der Waals surface area contributed by atoms with Gasteiger partial charge in [0.25, 0.3) is 0 Å². The topological polar surface area (TPSA) is 26.0 Å². The van der Waals surface area contributed by atoms with Crippen molar-refractivity contribution >= 4 is 0 Å². The third-order valence-corrected chi connectivity index (χ3v) is 2.07. The minimum absolute atomic E-state index is 0.635. The molecule has 1 rings (SSSR count). The van der Waals surface area contributed by atoms with Gasteiger partial charge < -0.3 is 5.73 Å². The maximum Gasteiger partial charge on any atom is 0.0181 e. The lowest BCUT2D eigenvalue weighted by molar-refractivity contribution is 0.785. The molecule has 1 nitrogen and oxygen atoms in total. The number of aryl methyl sites for hydroxylation is 1. The molecule has 0 saturated carbocycles. The minimum atomic E-state index is 0.635. The van der Waals surface area contributed by atoms with Crippen LogP contribution in [-0.2, 0) is 13.0 Å². The number of benzene rings is 1. The Bertz CT molecular complexity index is 230. The summed E-state index contributed by atoms with van der Waals surface area (Å²) in [6.45, 7) is 2.84. The Hall–Kier alpha value is -0.820. The van der Waals surface area contributed by atoms with Gasteiger partial charge in [0.15, 0.2) is 0 Å². The highest BCUT2D eigenvalue weighted by Crippen LogP contribution is 2.10. The molecule has 0 aliphatic heterocycles. The van der Waals surface area contributed by atoms with Crippen LogP contribution >= 0.6 is 0 Å². The fraction of sp³-hybridized carbons (Fsp3) is 0.455. The normalized spacial score (nSPS) is 10.2. The summed E-state index contributed by atoms with van der Waals surface area (Å²) in [6.07, 6.45) is 3.64. The van der Waals surface area contributed by atoms with Gasteiger partial charge in [-0.05, 0) is 36.1 Å². The first-order valence-corrected chi connectivity index (χ1v) is 4.56. The van der Waals surface area contributed by atoms with Crippen LogP contribution in [0.3, 0.4) is 0 Å². The zero-order valence-electron chi connectivity index (χ0n) is 7.64. The van der Waals surface area contributed by atoms with Crippen molar-refractivity contribution < 1.29 is 0 Å². The van der Waals surface area contributed by atoms with Crippen LogP contribution in [0.2, 0.25) is 0 Å². The molecule has 0 bridgehead atoms. The number of nitrogens with two attached hydrogens (primary N) is 1. The van der Waals surface area contributed by atoms with Crippen LogP contribution in [0.1, 0.15) is 30.9 Å². The Balaban J connectivity index is 2.68. The monoisotopic (exact) mass is 162 g/mol. The Morgan fingerprint density at radius 3 is 2.92 bits per heavy atom. The van der Waals surface area contributed by atoms with E-state index in [1.165, 1.54) is 24.0 Å². The summed E-state index contributed by atoms with van der Waals surface area (Å²) in [5.41, 5.74) is 8.23. The van der Waals surface area contributed by atoms with E-state index in [0.29, 0.717) is 6.54 Å². The van der Waals surface area contributed by atoms with Crippen molar-refractivity contribution in [2.75, 3.05) is 0 Å². The van der Waals surface area contributed by atoms with Crippen LogP contribution in [-0.4, -0.2) is 0 Å². The molecular weight excluding hydrogens is 146 g/mol. The SMILES string of the molecule is CCCCc1cc[c]cc1CN. The molecule has 0 unspecified atom stereocenters. The summed E-state index contributed by atoms with van der Waals surface area (Å²) >= 11 is 0. The molecule has 0 spiro atoms. The summed E-state index contributed by atoms with van der Waals surface area (Å²) in [5.74, 6) is 0. The lowest BCUT2D eigenvalue weighted by Crippen LogP contribution is -2.01. The predicted molar refractivity (Wildman–Crippen MR) is 51.8 cm³/mol. The van der Waals surface area contributed by atoms with E-state index in [-0.39, 0.29) is 0 Å². The van der Waals surface area contributed by atoms with Gasteiger partial charge in [-0.3, -0.25) is 0 Å². The van der Waals surface area contributed by atoms with Gasteiger partial charge >= 0.3 is 0 Å². The van der Waals surface area contributed by atoms with Gasteiger partial charge in [-0.2, -0.15) is 0 Å². The first kappa shape index (κ1) is 9.27. The van der Waals surface area contributed by atoms with Crippen molar-refractivity contribution in [1.29, 1.82) is 0 Å². The van der Waals surface area contributed by atoms with Gasteiger partial charge in [-0.15, -0.1) is 0 Å². The molecule has 65 valence electrons. The molecule has 0 amide bonds. The second-order valence-corrected chi connectivity index (χ2v) is 3.00. The van der Waals surface area contributed by atoms with E-state index < -0.39 is 0 Å². The fourth-order valence-corrected chi connectivity index (χ4v) is 1.30. The third kappa shape index (κ3) is 2.35. The minimum Gasteiger partial charge on any atom is -0.326 e. The molecule has 0 aromatic heterocycles. The number of hydrogen-bond acceptors (Lipinski definition) is 1. The highest BCUT2D eigenvalue weighted by molar-refractivity contribution is 5.26. The van der Waals surface area contributed by atoms with Gasteiger partial charge in [0, 0.05) is 6.54 Å². The van der Waals surface area contributed by atoms with E-state index in [2.05, 4.69) is 19.1 Å². The number of rotatable bonds is 4. The molecule has 0 heterocycles. The van der Waals surface area contributed by atoms with Gasteiger partial charge in [0.2, 0.25) is 0 Å². The lowest BCUT2D eigenvalue weighted by Gasteiger charge is -2.05. The maximum atomic E-state index is 5.60. The van der Waals surface area contributed by atoms with Gasteiger partial charge in [0.1, 0.15) is 0 Å². The molecule has 1 radical (unpaired) electrons. The van der Waals surface area contributed by atoms with E-state index in [0.717, 1.165) is 6.42 Å². The standard InChI is InChI=1S/C11H16N/c1-2-3-6-10-7-4-5-8-11(10)9-12/h4,7-8H,2-3,6,9,12H2,1H3. The van der Waals surface area contributed by atoms with Crippen molar-refractivity contribution in [3.8, 4) is 0 Å². The Labute approximate surface area is 74.6 Å². The van der Waals surface area contributed by atoms with Crippen LogP contribution in [0.25, 0.3) is 0 Å². The smallest absolute Gasteiger partial charge is 0.0181 e. The molecule has 0 fully saturated rings. The van der Waals surface area contributed by atoms with Crippen LogP contribution < -0.4 is 5.73 Å². The third-order valence-electron chi connectivity index (χ3n) is 2.07. The predicted octanol–water partition coefficient (Wildman–Crippen LogP) is 2.29. The zero-order chi connectivity index (χ0) is 8.81. The largest absolute Gasteiger partial charge is 0.326 e. The summed E-state index contributed by atoms with van der Waals surface area (Å²) in [6, 6.07) is 9.13. The van der Waals surface area contributed by atoms with Crippen LogP contribution in [0.4, 0.5) is 0 Å². The number of hydrogen-bond donors (Lipinski definition) is 1. The van der Waals surface area contributed by atoms with Crippen molar-refractivity contribution in [1.82, 2.24) is 0 Å². The van der Waals surface area contributed by atoms with Crippen molar-refractivity contribution in [3.05, 3.63) is 35.4 Å². The zero-order valence-corrected chi connectivity index (χ0v) is 7.64. The number of unbranched alkanes of at least 4 members (excludes halogenated alkanes) is 1. The van der Waals surface area contributed by atoms with Gasteiger partial charge in [0.05, 0.1) is 0 Å². The molecule has 1 aromatic rings. The highest BCUT2D eigenvalue weighted by Gasteiger charge is 1.97. The van der Waals surface area contributed by atoms with Crippen LogP contribution in [0, 0.1) is 6.07 Å². The Morgan fingerprint density at radius 1 is 1.42 bits per heavy atom. The molecule has 0 aliphatic carbocycles. The van der Waals surface area contributed by atoms with Crippen molar-refractivity contribution in [2.24, 2.45) is 5.73 Å². The molecule has 0 aliphatic rings. The first-order valence-electron chi connectivity index (χ1n) is 4.56. The Kier molecular flexibility index (Phi) is 3.81. The summed E-state index contributed by atoms with van der Waals surface area (Å²) < 4.78 is 0. The lowest BCUT2D eigenvalue weighted by atomic mass is 10.0. The van der Waals surface area contributed by atoms with E-state index in [1.807, 2.05) is 12.1 Å². The van der Waals surface area contributed by atoms with Crippen molar-refractivity contribution in [2.45, 2.75) is 32.7 Å². The quantitative estimate of drug-likeness (QED) is 0.722. The van der Waals surface area contributed by atoms with E-state index in [9.17, 15) is 0 Å². The van der Waals surface area contributed by atoms with Crippen LogP contribution in [0.15, 0.2) is 18.2 Å². The molecule has 2 N–H and O–H groups in total. The molecule has 0 atom stereocenters. The van der Waals surface area contributed by atoms with Gasteiger partial charge in [-0.1, -0.05) is 25.5 Å². The molecular formula is C11H16N. The van der Waals surface area contributed by atoms with Gasteiger partial charge in [-0.25, -0.2) is 0 Å². The second kappa shape index (κ2) is 4.94. The van der Waals surface area contributed by atoms with Crippen molar-refractivity contribution in [3.63, 3.8) is 0 Å². The average Bonchev–Trinajstić information content (AvgIpc) is 2.15. The van der Waals surface area contributed by atoms with Crippen LogP contribution in [0.5, 0.6) is 0 Å². The summed E-state index contributed by atoms with van der Waals surface area (Å²) in [7, 11) is 0. The average molecular weight is 162 g/mol. The molecule has 1 aromatic carbocycles. The summed E-state index contributed by atoms with van der Waals surface area (Å²) in [5, 5.41) is 0. The highest BCUT2D eigenvalue weighted by atomic mass is 14.5. The Morgan fingerprint density at radius 2 is 2.25 bits per heavy atom. The summed E-state index contributed by atoms with van der Waals surface area (Å²) in [4.78, 5) is 0. The maximum absolute atomic E-state index is 5.60. The van der Waals surface area contributed by atoms with E-state index in [1.54, 1.807) is 0 Å².